The Kier molecular flexibility index (Phi) is 12.6. The minimum atomic E-state index is -1.17. The van der Waals surface area contributed by atoms with Crippen LogP contribution in [0.5, 0.6) is 0 Å². The lowest BCUT2D eigenvalue weighted by Gasteiger charge is -2.37. The SMILES string of the molecule is C=CCCC(=O)N[C@H](C)[C@@H](OC(=O)[C@@H]1[C@@H]2CC[C@]3(O2)[C@H](C(=O)N(CC=C)CCN2CCOCC2)N(CCCCO)C(=O)[C@@H]13)c1ccccc1. The van der Waals surface area contributed by atoms with Crippen LogP contribution in [0.4, 0.5) is 0 Å². The summed E-state index contributed by atoms with van der Waals surface area (Å²) < 4.78 is 18.4. The van der Waals surface area contributed by atoms with Crippen LogP contribution in [0.3, 0.4) is 0 Å². The van der Waals surface area contributed by atoms with Gasteiger partial charge in [0.15, 0.2) is 0 Å². The number of nitrogens with zero attached hydrogens (tertiary/aromatic N) is 3. The van der Waals surface area contributed by atoms with E-state index >= 15 is 0 Å². The number of aliphatic hydroxyl groups excluding tert-OH is 1. The van der Waals surface area contributed by atoms with Gasteiger partial charge in [0.2, 0.25) is 17.7 Å². The Morgan fingerprint density at radius 1 is 1.14 bits per heavy atom. The molecule has 12 nitrogen and oxygen atoms in total. The second-order valence-corrected chi connectivity index (χ2v) is 13.5. The number of hydrogen-bond donors (Lipinski definition) is 2. The van der Waals surface area contributed by atoms with Crippen LogP contribution >= 0.6 is 0 Å². The van der Waals surface area contributed by atoms with Gasteiger partial charge in [-0.05, 0) is 44.6 Å². The number of hydrogen-bond acceptors (Lipinski definition) is 9. The monoisotopic (exact) mass is 680 g/mol. The third-order valence-corrected chi connectivity index (χ3v) is 10.4. The zero-order valence-corrected chi connectivity index (χ0v) is 28.7. The van der Waals surface area contributed by atoms with Crippen LogP contribution < -0.4 is 5.32 Å². The molecule has 0 saturated carbocycles. The quantitative estimate of drug-likeness (QED) is 0.136. The Labute approximate surface area is 289 Å². The number of aliphatic hydroxyl groups is 1. The summed E-state index contributed by atoms with van der Waals surface area (Å²) in [5, 5.41) is 12.5. The summed E-state index contributed by atoms with van der Waals surface area (Å²) in [7, 11) is 0. The predicted octanol–water partition coefficient (Wildman–Crippen LogP) is 2.24. The molecule has 3 amide bonds. The highest BCUT2D eigenvalue weighted by Gasteiger charge is 2.75. The molecule has 5 rings (SSSR count). The lowest BCUT2D eigenvalue weighted by Crippen LogP contribution is -2.57. The van der Waals surface area contributed by atoms with E-state index in [9.17, 15) is 24.3 Å². The third kappa shape index (κ3) is 7.93. The maximum atomic E-state index is 14.6. The average molecular weight is 681 g/mol. The number of nitrogens with one attached hydrogen (secondary N) is 1. The van der Waals surface area contributed by atoms with Gasteiger partial charge >= 0.3 is 5.97 Å². The third-order valence-electron chi connectivity index (χ3n) is 10.4. The van der Waals surface area contributed by atoms with Gasteiger partial charge in [0, 0.05) is 52.3 Å². The Hall–Kier alpha value is -3.58. The van der Waals surface area contributed by atoms with Crippen molar-refractivity contribution in [2.24, 2.45) is 11.8 Å². The molecular formula is C37H52N4O8. The summed E-state index contributed by atoms with van der Waals surface area (Å²) in [6.45, 7) is 13.9. The van der Waals surface area contributed by atoms with Gasteiger partial charge in [-0.25, -0.2) is 0 Å². The Balaban J connectivity index is 1.40. The van der Waals surface area contributed by atoms with Crippen LogP contribution in [0.25, 0.3) is 0 Å². The van der Waals surface area contributed by atoms with E-state index in [0.717, 1.165) is 13.1 Å². The zero-order chi connectivity index (χ0) is 35.0. The normalized spacial score (nSPS) is 27.3. The number of allylic oxidation sites excluding steroid dienone is 1. The van der Waals surface area contributed by atoms with Crippen LogP contribution in [0.2, 0.25) is 0 Å². The van der Waals surface area contributed by atoms with Crippen LogP contribution in [0.1, 0.15) is 57.1 Å². The molecule has 0 aromatic heterocycles. The molecule has 1 aromatic rings. The molecule has 268 valence electrons. The van der Waals surface area contributed by atoms with E-state index in [1.165, 1.54) is 0 Å². The van der Waals surface area contributed by atoms with Gasteiger partial charge in [0.1, 0.15) is 17.7 Å². The first-order valence-corrected chi connectivity index (χ1v) is 17.7. The number of benzene rings is 1. The van der Waals surface area contributed by atoms with Gasteiger partial charge in [0.05, 0.1) is 37.2 Å². The number of fused-ring (bicyclic) bond motifs is 1. The van der Waals surface area contributed by atoms with Crippen molar-refractivity contribution in [3.8, 4) is 0 Å². The molecule has 12 heteroatoms. The minimum Gasteiger partial charge on any atom is -0.455 e. The first kappa shape index (κ1) is 36.7. The van der Waals surface area contributed by atoms with E-state index < -0.39 is 47.7 Å². The molecule has 1 aromatic carbocycles. The van der Waals surface area contributed by atoms with Gasteiger partial charge in [0.25, 0.3) is 0 Å². The number of rotatable bonds is 18. The Morgan fingerprint density at radius 3 is 2.59 bits per heavy atom. The molecule has 0 radical (unpaired) electrons. The summed E-state index contributed by atoms with van der Waals surface area (Å²) in [6.07, 6.45) is 4.71. The lowest BCUT2D eigenvalue weighted by atomic mass is 9.70. The maximum Gasteiger partial charge on any atom is 0.313 e. The van der Waals surface area contributed by atoms with Crippen molar-refractivity contribution < 1.29 is 38.5 Å². The fourth-order valence-electron chi connectivity index (χ4n) is 7.98. The van der Waals surface area contributed by atoms with Crippen molar-refractivity contribution in [2.45, 2.75) is 75.3 Å². The number of amides is 3. The second kappa shape index (κ2) is 16.9. The summed E-state index contributed by atoms with van der Waals surface area (Å²) in [5.74, 6) is -3.08. The highest BCUT2D eigenvalue weighted by atomic mass is 16.6. The van der Waals surface area contributed by atoms with E-state index in [-0.39, 0.29) is 37.3 Å². The van der Waals surface area contributed by atoms with E-state index in [0.29, 0.717) is 70.5 Å². The van der Waals surface area contributed by atoms with Crippen molar-refractivity contribution in [1.29, 1.82) is 0 Å². The summed E-state index contributed by atoms with van der Waals surface area (Å²) >= 11 is 0. The average Bonchev–Trinajstić information content (AvgIpc) is 3.76. The van der Waals surface area contributed by atoms with Crippen molar-refractivity contribution >= 4 is 23.7 Å². The van der Waals surface area contributed by atoms with Crippen molar-refractivity contribution in [3.05, 3.63) is 61.2 Å². The summed E-state index contributed by atoms with van der Waals surface area (Å²) in [4.78, 5) is 61.5. The number of morpholine rings is 1. The topological polar surface area (TPSA) is 138 Å². The fraction of sp³-hybridized carbons (Fsp3) is 0.622. The molecule has 4 aliphatic rings. The van der Waals surface area contributed by atoms with E-state index in [4.69, 9.17) is 14.2 Å². The van der Waals surface area contributed by atoms with Crippen molar-refractivity contribution in [2.75, 3.05) is 59.1 Å². The molecule has 4 fully saturated rings. The van der Waals surface area contributed by atoms with Crippen molar-refractivity contribution in [1.82, 2.24) is 20.0 Å². The van der Waals surface area contributed by atoms with Crippen LogP contribution in [-0.2, 0) is 33.4 Å². The lowest BCUT2D eigenvalue weighted by molar-refractivity contribution is -0.162. The summed E-state index contributed by atoms with van der Waals surface area (Å²) in [5.41, 5.74) is -0.463. The number of likely N-dealkylation sites (tertiary alicyclic amines) is 1. The number of carbonyl (C=O) groups excluding carboxylic acids is 4. The summed E-state index contributed by atoms with van der Waals surface area (Å²) in [6, 6.07) is 7.75. The van der Waals surface area contributed by atoms with Gasteiger partial charge in [-0.1, -0.05) is 42.5 Å². The minimum absolute atomic E-state index is 0.0337. The maximum absolute atomic E-state index is 14.6. The molecule has 4 aliphatic heterocycles. The number of ether oxygens (including phenoxy) is 3. The first-order valence-electron chi connectivity index (χ1n) is 17.7. The fourth-order valence-corrected chi connectivity index (χ4v) is 7.98. The van der Waals surface area contributed by atoms with Crippen LogP contribution in [0.15, 0.2) is 55.6 Å². The van der Waals surface area contributed by atoms with E-state index in [1.54, 1.807) is 28.9 Å². The van der Waals surface area contributed by atoms with Crippen molar-refractivity contribution in [3.63, 3.8) is 0 Å². The molecule has 4 saturated heterocycles. The van der Waals surface area contributed by atoms with E-state index in [2.05, 4.69) is 23.4 Å². The van der Waals surface area contributed by atoms with E-state index in [1.807, 2.05) is 30.3 Å². The Morgan fingerprint density at radius 2 is 1.90 bits per heavy atom. The molecule has 4 heterocycles. The molecule has 7 atom stereocenters. The molecule has 2 bridgehead atoms. The number of esters is 1. The first-order chi connectivity index (χ1) is 23.7. The largest absolute Gasteiger partial charge is 0.455 e. The van der Waals surface area contributed by atoms with Gasteiger partial charge in [-0.3, -0.25) is 24.1 Å². The second-order valence-electron chi connectivity index (χ2n) is 13.5. The number of unbranched alkanes of at least 4 members (excludes halogenated alkanes) is 1. The van der Waals surface area contributed by atoms with Gasteiger partial charge in [-0.15, -0.1) is 13.2 Å². The standard InChI is InChI=1S/C37H52N4O8/c1-4-6-14-29(43)38-26(3)32(27-12-8-7-9-13-27)48-36(46)30-28-15-16-37(49-28)31(30)34(44)41(18-10-11-23-42)33(37)35(45)40(17-5-2)20-19-39-21-24-47-25-22-39/h4-5,7-9,12-13,26,28,30-33,42H,1-2,6,10-11,14-25H2,3H3,(H,38,43)/t26-,28+,30-,31-,32-,33+,37-/m1/s1. The predicted molar refractivity (Wildman–Crippen MR) is 182 cm³/mol. The van der Waals surface area contributed by atoms with Gasteiger partial charge < -0.3 is 34.4 Å². The Bertz CT molecular complexity index is 1340. The van der Waals surface area contributed by atoms with Crippen LogP contribution in [0, 0.1) is 11.8 Å². The van der Waals surface area contributed by atoms with Crippen LogP contribution in [-0.4, -0.2) is 126 Å². The molecule has 0 unspecified atom stereocenters. The highest BCUT2D eigenvalue weighted by molar-refractivity contribution is 5.98. The van der Waals surface area contributed by atoms with Gasteiger partial charge in [-0.2, -0.15) is 0 Å². The molecule has 2 N–H and O–H groups in total. The highest BCUT2D eigenvalue weighted by Crippen LogP contribution is 2.59. The number of carbonyl (C=O) groups is 4. The molecule has 1 spiro atoms. The molecule has 0 aliphatic carbocycles. The molecular weight excluding hydrogens is 628 g/mol. The molecule has 49 heavy (non-hydrogen) atoms. The smallest absolute Gasteiger partial charge is 0.313 e. The zero-order valence-electron chi connectivity index (χ0n) is 28.7.